The third-order valence-electron chi connectivity index (χ3n) is 3.28. The molecule has 2 aromatic rings. The Balaban J connectivity index is 1.65. The van der Waals surface area contributed by atoms with Crippen LogP contribution in [0.5, 0.6) is 5.75 Å². The molecule has 0 aliphatic carbocycles. The lowest BCUT2D eigenvalue weighted by molar-refractivity contribution is 0.226. The Morgan fingerprint density at radius 3 is 2.71 bits per heavy atom. The molecule has 2 aromatic carbocycles. The Labute approximate surface area is 146 Å². The normalized spacial score (nSPS) is 11.6. The van der Waals surface area contributed by atoms with Crippen molar-refractivity contribution >= 4 is 17.6 Å². The summed E-state index contributed by atoms with van der Waals surface area (Å²) in [5, 5.41) is 6.26. The third-order valence-corrected chi connectivity index (χ3v) is 3.51. The molecule has 0 saturated carbocycles. The number of hydrogen-bond donors (Lipinski definition) is 2. The Kier molecular flexibility index (Phi) is 6.88. The van der Waals surface area contributed by atoms with Crippen molar-refractivity contribution in [3.8, 4) is 5.75 Å². The number of carbonyl (C=O) groups is 1. The monoisotopic (exact) mass is 350 g/mol. The molecule has 0 fully saturated rings. The van der Waals surface area contributed by atoms with Gasteiger partial charge in [0.25, 0.3) is 0 Å². The Morgan fingerprint density at radius 1 is 1.25 bits per heavy atom. The predicted molar refractivity (Wildman–Crippen MR) is 93.0 cm³/mol. The van der Waals surface area contributed by atoms with Crippen LogP contribution in [0.1, 0.15) is 12.5 Å². The quantitative estimate of drug-likeness (QED) is 0.798. The van der Waals surface area contributed by atoms with Crippen LogP contribution in [0.2, 0.25) is 5.02 Å². The highest BCUT2D eigenvalue weighted by Gasteiger charge is 2.07. The first-order chi connectivity index (χ1) is 11.5. The highest BCUT2D eigenvalue weighted by Crippen LogP contribution is 2.11. The number of halogens is 2. The molecule has 4 nitrogen and oxygen atoms in total. The number of benzene rings is 2. The largest absolute Gasteiger partial charge is 0.491 e. The van der Waals surface area contributed by atoms with Crippen molar-refractivity contribution in [1.82, 2.24) is 10.6 Å². The minimum Gasteiger partial charge on any atom is -0.491 e. The van der Waals surface area contributed by atoms with E-state index in [4.69, 9.17) is 16.3 Å². The second-order valence-corrected chi connectivity index (χ2v) is 5.88. The summed E-state index contributed by atoms with van der Waals surface area (Å²) in [6.45, 7) is 2.64. The third kappa shape index (κ3) is 6.46. The second-order valence-electron chi connectivity index (χ2n) is 5.45. The maximum atomic E-state index is 12.8. The maximum absolute atomic E-state index is 12.8. The summed E-state index contributed by atoms with van der Waals surface area (Å²) in [6, 6.07) is 12.9. The van der Waals surface area contributed by atoms with Crippen LogP contribution in [-0.2, 0) is 6.42 Å². The first kappa shape index (κ1) is 18.1. The van der Waals surface area contributed by atoms with Gasteiger partial charge in [-0.15, -0.1) is 0 Å². The van der Waals surface area contributed by atoms with Gasteiger partial charge in [-0.25, -0.2) is 9.18 Å². The molecule has 6 heteroatoms. The molecule has 0 bridgehead atoms. The Bertz CT molecular complexity index is 664. The molecule has 1 atom stereocenters. The van der Waals surface area contributed by atoms with Crippen LogP contribution in [0.3, 0.4) is 0 Å². The van der Waals surface area contributed by atoms with Crippen molar-refractivity contribution < 1.29 is 13.9 Å². The highest BCUT2D eigenvalue weighted by atomic mass is 35.5. The predicted octanol–water partition coefficient (Wildman–Crippen LogP) is 3.79. The zero-order valence-electron chi connectivity index (χ0n) is 13.4. The fourth-order valence-electron chi connectivity index (χ4n) is 2.08. The lowest BCUT2D eigenvalue weighted by atomic mass is 10.1. The highest BCUT2D eigenvalue weighted by molar-refractivity contribution is 6.30. The van der Waals surface area contributed by atoms with Gasteiger partial charge in [-0.3, -0.25) is 0 Å². The van der Waals surface area contributed by atoms with Gasteiger partial charge in [-0.05, 0) is 55.3 Å². The van der Waals surface area contributed by atoms with Crippen LogP contribution in [0, 0.1) is 5.82 Å². The van der Waals surface area contributed by atoms with Gasteiger partial charge >= 0.3 is 6.03 Å². The summed E-state index contributed by atoms with van der Waals surface area (Å²) in [5.74, 6) is 0.249. The van der Waals surface area contributed by atoms with E-state index >= 15 is 0 Å². The molecule has 0 saturated heterocycles. The number of hydrogen-bond acceptors (Lipinski definition) is 2. The van der Waals surface area contributed by atoms with Crippen LogP contribution >= 0.6 is 11.6 Å². The minimum absolute atomic E-state index is 0.179. The van der Waals surface area contributed by atoms with E-state index in [0.29, 0.717) is 30.3 Å². The van der Waals surface area contributed by atoms with Gasteiger partial charge in [0.1, 0.15) is 18.2 Å². The van der Waals surface area contributed by atoms with E-state index in [2.05, 4.69) is 10.6 Å². The van der Waals surface area contributed by atoms with E-state index in [1.54, 1.807) is 12.1 Å². The molecule has 24 heavy (non-hydrogen) atoms. The van der Waals surface area contributed by atoms with E-state index in [1.165, 1.54) is 12.1 Å². The summed E-state index contributed by atoms with van der Waals surface area (Å²) in [4.78, 5) is 11.8. The summed E-state index contributed by atoms with van der Waals surface area (Å²) >= 11 is 5.91. The van der Waals surface area contributed by atoms with E-state index in [-0.39, 0.29) is 17.9 Å². The Morgan fingerprint density at radius 2 is 2.00 bits per heavy atom. The summed E-state index contributed by atoms with van der Waals surface area (Å²) < 4.78 is 18.3. The number of carbonyl (C=O) groups excluding carboxylic acids is 1. The molecule has 128 valence electrons. The second kappa shape index (κ2) is 9.13. The molecule has 0 radical (unpaired) electrons. The topological polar surface area (TPSA) is 50.4 Å². The summed E-state index contributed by atoms with van der Waals surface area (Å²) in [7, 11) is 0. The first-order valence-corrected chi connectivity index (χ1v) is 8.08. The smallest absolute Gasteiger partial charge is 0.315 e. The van der Waals surface area contributed by atoms with E-state index < -0.39 is 0 Å². The number of rotatable bonds is 7. The fourth-order valence-corrected chi connectivity index (χ4v) is 2.29. The molecule has 0 aliphatic rings. The van der Waals surface area contributed by atoms with Crippen LogP contribution in [-0.4, -0.2) is 25.2 Å². The van der Waals surface area contributed by atoms with Crippen LogP contribution in [0.4, 0.5) is 9.18 Å². The van der Waals surface area contributed by atoms with Crippen molar-refractivity contribution in [3.05, 3.63) is 64.9 Å². The number of urea groups is 1. The molecular weight excluding hydrogens is 331 g/mol. The molecule has 2 N–H and O–H groups in total. The van der Waals surface area contributed by atoms with Gasteiger partial charge in [0.2, 0.25) is 0 Å². The van der Waals surface area contributed by atoms with Crippen molar-refractivity contribution in [2.45, 2.75) is 19.4 Å². The van der Waals surface area contributed by atoms with Crippen molar-refractivity contribution in [2.75, 3.05) is 13.2 Å². The molecule has 1 unspecified atom stereocenters. The van der Waals surface area contributed by atoms with Gasteiger partial charge < -0.3 is 15.4 Å². The standard InChI is InChI=1S/C18H20ClFN2O2/c1-13(12-24-17-7-5-16(20)6-8-17)22-18(23)21-10-9-14-3-2-4-15(19)11-14/h2-8,11,13H,9-10,12H2,1H3,(H2,21,22,23). The SMILES string of the molecule is CC(COc1ccc(F)cc1)NC(=O)NCCc1cccc(Cl)c1. The zero-order chi connectivity index (χ0) is 17.4. The van der Waals surface area contributed by atoms with Crippen LogP contribution in [0.25, 0.3) is 0 Å². The molecule has 0 spiro atoms. The van der Waals surface area contributed by atoms with Crippen molar-refractivity contribution in [1.29, 1.82) is 0 Å². The van der Waals surface area contributed by atoms with Crippen molar-refractivity contribution in [2.24, 2.45) is 0 Å². The number of amides is 2. The van der Waals surface area contributed by atoms with Gasteiger partial charge in [-0.1, -0.05) is 23.7 Å². The molecule has 2 rings (SSSR count). The number of ether oxygens (including phenoxy) is 1. The summed E-state index contributed by atoms with van der Waals surface area (Å²) in [5.41, 5.74) is 1.07. The maximum Gasteiger partial charge on any atom is 0.315 e. The summed E-state index contributed by atoms with van der Waals surface area (Å²) in [6.07, 6.45) is 0.703. The average Bonchev–Trinajstić information content (AvgIpc) is 2.54. The van der Waals surface area contributed by atoms with Crippen LogP contribution < -0.4 is 15.4 Å². The fraction of sp³-hybridized carbons (Fsp3) is 0.278. The van der Waals surface area contributed by atoms with Gasteiger partial charge in [0.05, 0.1) is 6.04 Å². The Hall–Kier alpha value is -2.27. The number of nitrogens with one attached hydrogen (secondary N) is 2. The van der Waals surface area contributed by atoms with Gasteiger partial charge in [0.15, 0.2) is 0 Å². The first-order valence-electron chi connectivity index (χ1n) is 7.70. The van der Waals surface area contributed by atoms with E-state index in [9.17, 15) is 9.18 Å². The van der Waals surface area contributed by atoms with Crippen LogP contribution in [0.15, 0.2) is 48.5 Å². The van der Waals surface area contributed by atoms with Gasteiger partial charge in [-0.2, -0.15) is 0 Å². The molecular formula is C18H20ClFN2O2. The lowest BCUT2D eigenvalue weighted by Crippen LogP contribution is -2.43. The lowest BCUT2D eigenvalue weighted by Gasteiger charge is -2.15. The van der Waals surface area contributed by atoms with E-state index in [0.717, 1.165) is 5.56 Å². The minimum atomic E-state index is -0.312. The molecule has 0 aliphatic heterocycles. The van der Waals surface area contributed by atoms with E-state index in [1.807, 2.05) is 31.2 Å². The van der Waals surface area contributed by atoms with Crippen molar-refractivity contribution in [3.63, 3.8) is 0 Å². The zero-order valence-corrected chi connectivity index (χ0v) is 14.1. The molecule has 0 heterocycles. The average molecular weight is 351 g/mol. The molecule has 2 amide bonds. The van der Waals surface area contributed by atoms with Gasteiger partial charge in [0, 0.05) is 11.6 Å². The molecule has 0 aromatic heterocycles.